The minimum Gasteiger partial charge on any atom is -0.298 e. The molecule has 1 unspecified atom stereocenters. The zero-order valence-corrected chi connectivity index (χ0v) is 4.99. The van der Waals surface area contributed by atoms with E-state index >= 15 is 0 Å². The quantitative estimate of drug-likeness (QED) is 0.521. The van der Waals surface area contributed by atoms with Crippen LogP contribution in [0, 0.1) is 5.92 Å². The molecule has 46 valence electrons. The summed E-state index contributed by atoms with van der Waals surface area (Å²) >= 11 is 5.14. The Hall–Kier alpha value is -0.110. The van der Waals surface area contributed by atoms with E-state index in [1.165, 1.54) is 0 Å². The standard InChI is InChI=1S/C5H6ClFO/c6-2-5(8)3-1-4(3)7/h3-4H,1-2H2/t3-,4?/m1/s1. The summed E-state index contributed by atoms with van der Waals surface area (Å²) in [7, 11) is 0. The number of rotatable bonds is 2. The molecule has 1 saturated carbocycles. The van der Waals surface area contributed by atoms with E-state index in [4.69, 9.17) is 11.6 Å². The van der Waals surface area contributed by atoms with E-state index in [0.717, 1.165) is 0 Å². The van der Waals surface area contributed by atoms with Crippen LogP contribution in [0.15, 0.2) is 0 Å². The van der Waals surface area contributed by atoms with Crippen molar-refractivity contribution in [2.45, 2.75) is 12.6 Å². The molecule has 0 aromatic carbocycles. The summed E-state index contributed by atoms with van der Waals surface area (Å²) in [6, 6.07) is 0. The van der Waals surface area contributed by atoms with E-state index < -0.39 is 6.17 Å². The van der Waals surface area contributed by atoms with Gasteiger partial charge in [0.2, 0.25) is 0 Å². The van der Waals surface area contributed by atoms with Crippen LogP contribution in [0.1, 0.15) is 6.42 Å². The van der Waals surface area contributed by atoms with Gasteiger partial charge in [-0.1, -0.05) is 0 Å². The molecule has 1 fully saturated rings. The predicted octanol–water partition coefficient (Wildman–Crippen LogP) is 1.15. The van der Waals surface area contributed by atoms with E-state index in [1.807, 2.05) is 0 Å². The molecule has 0 aromatic heterocycles. The third kappa shape index (κ3) is 0.996. The Balaban J connectivity index is 2.28. The number of ketones is 1. The number of halogens is 2. The van der Waals surface area contributed by atoms with Gasteiger partial charge in [-0.05, 0) is 6.42 Å². The van der Waals surface area contributed by atoms with Gasteiger partial charge in [0.05, 0.1) is 11.8 Å². The fourth-order valence-corrected chi connectivity index (χ4v) is 0.794. The van der Waals surface area contributed by atoms with Gasteiger partial charge in [0.1, 0.15) is 6.17 Å². The number of Topliss-reactive ketones (excluding diaryl/α,β-unsaturated/α-hetero) is 1. The summed E-state index contributed by atoms with van der Waals surface area (Å²) < 4.78 is 11.9. The molecule has 1 nitrogen and oxygen atoms in total. The Morgan fingerprint density at radius 2 is 2.38 bits per heavy atom. The lowest BCUT2D eigenvalue weighted by molar-refractivity contribution is -0.118. The van der Waals surface area contributed by atoms with Crippen LogP contribution in [0.4, 0.5) is 4.39 Å². The highest BCUT2D eigenvalue weighted by Crippen LogP contribution is 2.34. The molecule has 8 heavy (non-hydrogen) atoms. The SMILES string of the molecule is O=C(CCl)[C@@H]1CC1F. The van der Waals surface area contributed by atoms with Crippen molar-refractivity contribution in [3.8, 4) is 0 Å². The van der Waals surface area contributed by atoms with Crippen LogP contribution < -0.4 is 0 Å². The summed E-state index contributed by atoms with van der Waals surface area (Å²) in [4.78, 5) is 10.4. The van der Waals surface area contributed by atoms with Gasteiger partial charge in [0, 0.05) is 0 Å². The Bertz CT molecular complexity index is 115. The molecule has 0 spiro atoms. The number of carbonyl (C=O) groups is 1. The second-order valence-electron chi connectivity index (χ2n) is 1.96. The molecule has 3 heteroatoms. The predicted molar refractivity (Wildman–Crippen MR) is 28.7 cm³/mol. The third-order valence-corrected chi connectivity index (χ3v) is 1.52. The normalized spacial score (nSPS) is 34.8. The molecule has 0 amide bonds. The first kappa shape index (κ1) is 6.02. The molecule has 0 N–H and O–H groups in total. The summed E-state index contributed by atoms with van der Waals surface area (Å²) in [5, 5.41) is 0. The van der Waals surface area contributed by atoms with E-state index in [1.54, 1.807) is 0 Å². The van der Waals surface area contributed by atoms with Crippen molar-refractivity contribution in [1.29, 1.82) is 0 Å². The molecule has 0 aromatic rings. The van der Waals surface area contributed by atoms with Crippen molar-refractivity contribution in [3.63, 3.8) is 0 Å². The molecule has 0 aliphatic heterocycles. The molecular formula is C5H6ClFO. The number of hydrogen-bond acceptors (Lipinski definition) is 1. The zero-order chi connectivity index (χ0) is 6.15. The van der Waals surface area contributed by atoms with Crippen molar-refractivity contribution >= 4 is 17.4 Å². The molecule has 1 aliphatic rings. The topological polar surface area (TPSA) is 17.1 Å². The highest BCUT2D eigenvalue weighted by Gasteiger charge is 2.42. The molecule has 1 aliphatic carbocycles. The minimum atomic E-state index is -0.888. The summed E-state index contributed by atoms with van der Waals surface area (Å²) in [6.07, 6.45) is -0.493. The lowest BCUT2D eigenvalue weighted by Crippen LogP contribution is -2.03. The average Bonchev–Trinajstić information content (AvgIpc) is 2.45. The zero-order valence-electron chi connectivity index (χ0n) is 4.23. The summed E-state index contributed by atoms with van der Waals surface area (Å²) in [5.41, 5.74) is 0. The van der Waals surface area contributed by atoms with Gasteiger partial charge in [-0.15, -0.1) is 11.6 Å². The van der Waals surface area contributed by atoms with Gasteiger partial charge in [-0.25, -0.2) is 4.39 Å². The lowest BCUT2D eigenvalue weighted by atomic mass is 10.3. The van der Waals surface area contributed by atoms with Crippen molar-refractivity contribution in [2.24, 2.45) is 5.92 Å². The minimum absolute atomic E-state index is 0.0366. The van der Waals surface area contributed by atoms with Crippen LogP contribution in [-0.4, -0.2) is 17.8 Å². The van der Waals surface area contributed by atoms with Crippen molar-refractivity contribution < 1.29 is 9.18 Å². The van der Waals surface area contributed by atoms with Crippen LogP contribution in [-0.2, 0) is 4.79 Å². The summed E-state index contributed by atoms with van der Waals surface area (Å²) in [6.45, 7) is 0. The van der Waals surface area contributed by atoms with Crippen LogP contribution in [0.5, 0.6) is 0 Å². The highest BCUT2D eigenvalue weighted by atomic mass is 35.5. The molecule has 2 atom stereocenters. The lowest BCUT2D eigenvalue weighted by Gasteiger charge is -1.84. The van der Waals surface area contributed by atoms with E-state index in [-0.39, 0.29) is 17.6 Å². The summed E-state index contributed by atoms with van der Waals surface area (Å²) in [5.74, 6) is -0.544. The largest absolute Gasteiger partial charge is 0.298 e. The molecule has 1 rings (SSSR count). The average molecular weight is 137 g/mol. The van der Waals surface area contributed by atoms with Crippen LogP contribution >= 0.6 is 11.6 Å². The van der Waals surface area contributed by atoms with Crippen LogP contribution in [0.3, 0.4) is 0 Å². The fourth-order valence-electron chi connectivity index (χ4n) is 0.596. The van der Waals surface area contributed by atoms with Gasteiger partial charge < -0.3 is 0 Å². The highest BCUT2D eigenvalue weighted by molar-refractivity contribution is 6.28. The van der Waals surface area contributed by atoms with Gasteiger partial charge in [0.25, 0.3) is 0 Å². The molecular weight excluding hydrogens is 131 g/mol. The molecule has 0 radical (unpaired) electrons. The van der Waals surface area contributed by atoms with Gasteiger partial charge in [-0.2, -0.15) is 0 Å². The van der Waals surface area contributed by atoms with Gasteiger partial charge >= 0.3 is 0 Å². The Morgan fingerprint density at radius 1 is 1.88 bits per heavy atom. The molecule has 0 heterocycles. The smallest absolute Gasteiger partial charge is 0.153 e. The first-order chi connectivity index (χ1) is 3.75. The maximum absolute atomic E-state index is 11.9. The number of hydrogen-bond donors (Lipinski definition) is 0. The van der Waals surface area contributed by atoms with E-state index in [2.05, 4.69) is 0 Å². The van der Waals surface area contributed by atoms with Gasteiger partial charge in [0.15, 0.2) is 5.78 Å². The third-order valence-electron chi connectivity index (χ3n) is 1.26. The van der Waals surface area contributed by atoms with E-state index in [0.29, 0.717) is 6.42 Å². The van der Waals surface area contributed by atoms with Crippen molar-refractivity contribution in [3.05, 3.63) is 0 Å². The van der Waals surface area contributed by atoms with Crippen molar-refractivity contribution in [2.75, 3.05) is 5.88 Å². The Labute approximate surface area is 51.8 Å². The number of alkyl halides is 2. The molecule has 0 saturated heterocycles. The van der Waals surface area contributed by atoms with Crippen LogP contribution in [0.25, 0.3) is 0 Å². The van der Waals surface area contributed by atoms with E-state index in [9.17, 15) is 9.18 Å². The Morgan fingerprint density at radius 3 is 2.50 bits per heavy atom. The van der Waals surface area contributed by atoms with Crippen molar-refractivity contribution in [1.82, 2.24) is 0 Å². The first-order valence-electron chi connectivity index (χ1n) is 2.48. The van der Waals surface area contributed by atoms with Gasteiger partial charge in [-0.3, -0.25) is 4.79 Å². The Kier molecular flexibility index (Phi) is 1.52. The maximum atomic E-state index is 11.9. The first-order valence-corrected chi connectivity index (χ1v) is 3.02. The molecule has 0 bridgehead atoms. The maximum Gasteiger partial charge on any atom is 0.153 e. The second-order valence-corrected chi connectivity index (χ2v) is 2.23. The monoisotopic (exact) mass is 136 g/mol. The van der Waals surface area contributed by atoms with Crippen LogP contribution in [0.2, 0.25) is 0 Å². The number of carbonyl (C=O) groups excluding carboxylic acids is 1. The second kappa shape index (κ2) is 2.02. The fraction of sp³-hybridized carbons (Fsp3) is 0.800.